The van der Waals surface area contributed by atoms with Crippen LogP contribution in [0.15, 0.2) is 12.2 Å². The van der Waals surface area contributed by atoms with E-state index in [0.717, 1.165) is 0 Å². The number of quaternary nitrogens is 1. The fourth-order valence-corrected chi connectivity index (χ4v) is 0.467. The van der Waals surface area contributed by atoms with Crippen molar-refractivity contribution < 1.29 is 9.86 Å². The van der Waals surface area contributed by atoms with Crippen molar-refractivity contribution in [1.29, 1.82) is 0 Å². The maximum absolute atomic E-state index is 10.2. The Morgan fingerprint density at radius 3 is 2.71 bits per heavy atom. The predicted molar refractivity (Wildman–Crippen MR) is 23.3 cm³/mol. The van der Waals surface area contributed by atoms with Crippen LogP contribution < -0.4 is 5.06 Å². The van der Waals surface area contributed by atoms with Crippen molar-refractivity contribution in [2.45, 2.75) is 0 Å². The molecule has 3 heteroatoms. The third-order valence-electron chi connectivity index (χ3n) is 0.847. The minimum Gasteiger partial charge on any atom is -0.626 e. The highest BCUT2D eigenvalue weighted by molar-refractivity contribution is 5.81. The van der Waals surface area contributed by atoms with Gasteiger partial charge in [0.05, 0.1) is 0 Å². The Morgan fingerprint density at radius 1 is 1.86 bits per heavy atom. The minimum atomic E-state index is -0.361. The van der Waals surface area contributed by atoms with E-state index in [9.17, 15) is 10.0 Å². The molecule has 1 rings (SSSR count). The van der Waals surface area contributed by atoms with Crippen LogP contribution in [0.3, 0.4) is 0 Å². The summed E-state index contributed by atoms with van der Waals surface area (Å²) < 4.78 is 0. The second-order valence-electron chi connectivity index (χ2n) is 1.39. The molecule has 1 amide bonds. The van der Waals surface area contributed by atoms with Crippen LogP contribution in [0.4, 0.5) is 0 Å². The Bertz CT molecular complexity index is 119. The zero-order valence-corrected chi connectivity index (χ0v) is 3.68. The highest BCUT2D eigenvalue weighted by Gasteiger charge is 2.09. The molecule has 1 atom stereocenters. The molecule has 1 aliphatic rings. The van der Waals surface area contributed by atoms with Gasteiger partial charge in [0.15, 0.2) is 0 Å². The van der Waals surface area contributed by atoms with Gasteiger partial charge in [-0.25, -0.2) is 4.79 Å². The van der Waals surface area contributed by atoms with Crippen LogP contribution in [0, 0.1) is 5.21 Å². The fraction of sp³-hybridized carbons (Fsp3) is 0.250. The van der Waals surface area contributed by atoms with Crippen molar-refractivity contribution >= 4 is 5.91 Å². The number of rotatable bonds is 0. The molecular formula is C4H5NO2. The molecule has 0 radical (unpaired) electrons. The Kier molecular flexibility index (Phi) is 0.923. The van der Waals surface area contributed by atoms with Gasteiger partial charge in [-0.2, -0.15) is 0 Å². The molecule has 0 fully saturated rings. The summed E-state index contributed by atoms with van der Waals surface area (Å²) in [6.07, 6.45) is 2.88. The van der Waals surface area contributed by atoms with Crippen molar-refractivity contribution in [3.05, 3.63) is 17.4 Å². The van der Waals surface area contributed by atoms with Gasteiger partial charge >= 0.3 is 5.91 Å². The van der Waals surface area contributed by atoms with Crippen LogP contribution in [-0.4, -0.2) is 12.5 Å². The zero-order chi connectivity index (χ0) is 5.28. The molecule has 0 saturated carbocycles. The summed E-state index contributed by atoms with van der Waals surface area (Å²) in [5.41, 5.74) is 0. The van der Waals surface area contributed by atoms with Crippen LogP contribution >= 0.6 is 0 Å². The van der Waals surface area contributed by atoms with Crippen LogP contribution in [0.5, 0.6) is 0 Å². The maximum Gasteiger partial charge on any atom is 0.337 e. The summed E-state index contributed by atoms with van der Waals surface area (Å²) in [6, 6.07) is 0. The van der Waals surface area contributed by atoms with E-state index in [1.807, 2.05) is 0 Å². The van der Waals surface area contributed by atoms with Gasteiger partial charge in [-0.05, 0) is 6.08 Å². The monoisotopic (exact) mass is 99.0 g/mol. The maximum atomic E-state index is 10.2. The zero-order valence-electron chi connectivity index (χ0n) is 3.68. The molecule has 0 spiro atoms. The summed E-state index contributed by atoms with van der Waals surface area (Å²) in [4.78, 5) is 10.1. The smallest absolute Gasteiger partial charge is 0.337 e. The normalized spacial score (nSPS) is 29.3. The average Bonchev–Trinajstić information content (AvgIpc) is 1.91. The first kappa shape index (κ1) is 4.49. The Hall–Kier alpha value is -0.670. The summed E-state index contributed by atoms with van der Waals surface area (Å²) in [5, 5.41) is 9.87. The summed E-state index contributed by atoms with van der Waals surface area (Å²) in [6.45, 7) is 0.304. The Labute approximate surface area is 40.8 Å². The highest BCUT2D eigenvalue weighted by Crippen LogP contribution is 1.72. The van der Waals surface area contributed by atoms with Gasteiger partial charge in [-0.15, -0.1) is 0 Å². The standard InChI is InChI=1S/C4H5NO2/c6-4-2-1-3-5(4)7/h1-2,5H,3H2. The molecule has 38 valence electrons. The van der Waals surface area contributed by atoms with Crippen molar-refractivity contribution in [2.75, 3.05) is 6.54 Å². The predicted octanol–water partition coefficient (Wildman–Crippen LogP) is -1.53. The molecule has 3 nitrogen and oxygen atoms in total. The molecule has 7 heavy (non-hydrogen) atoms. The molecule has 1 aliphatic heterocycles. The lowest BCUT2D eigenvalue weighted by atomic mass is 10.6. The van der Waals surface area contributed by atoms with E-state index >= 15 is 0 Å². The lowest BCUT2D eigenvalue weighted by Gasteiger charge is -2.09. The third kappa shape index (κ3) is 0.679. The molecule has 0 saturated heterocycles. The van der Waals surface area contributed by atoms with Crippen LogP contribution in [0.1, 0.15) is 0 Å². The Balaban J connectivity index is 2.62. The number of nitrogens with one attached hydrogen (secondary N) is 1. The second-order valence-corrected chi connectivity index (χ2v) is 1.39. The molecule has 0 aromatic rings. The quantitative estimate of drug-likeness (QED) is 0.374. The van der Waals surface area contributed by atoms with Crippen molar-refractivity contribution in [1.82, 2.24) is 0 Å². The number of hydrogen-bond acceptors (Lipinski definition) is 2. The first-order valence-electron chi connectivity index (χ1n) is 2.04. The van der Waals surface area contributed by atoms with Crippen molar-refractivity contribution in [2.24, 2.45) is 0 Å². The molecule has 1 heterocycles. The van der Waals surface area contributed by atoms with E-state index in [4.69, 9.17) is 0 Å². The summed E-state index contributed by atoms with van der Waals surface area (Å²) in [5.74, 6) is -0.361. The minimum absolute atomic E-state index is 0.292. The Morgan fingerprint density at radius 2 is 2.57 bits per heavy atom. The van der Waals surface area contributed by atoms with E-state index in [-0.39, 0.29) is 11.0 Å². The number of amides is 1. The van der Waals surface area contributed by atoms with Gasteiger partial charge in [-0.1, -0.05) is 0 Å². The van der Waals surface area contributed by atoms with Crippen molar-refractivity contribution in [3.63, 3.8) is 0 Å². The van der Waals surface area contributed by atoms with E-state index in [2.05, 4.69) is 0 Å². The molecule has 0 aliphatic carbocycles. The molecule has 0 aromatic carbocycles. The fourth-order valence-electron chi connectivity index (χ4n) is 0.467. The lowest BCUT2D eigenvalue weighted by Crippen LogP contribution is -3.07. The van der Waals surface area contributed by atoms with Crippen LogP contribution in [0.2, 0.25) is 0 Å². The largest absolute Gasteiger partial charge is 0.626 e. The first-order chi connectivity index (χ1) is 3.30. The van der Waals surface area contributed by atoms with Gasteiger partial charge in [0, 0.05) is 6.08 Å². The highest BCUT2D eigenvalue weighted by atomic mass is 16.5. The van der Waals surface area contributed by atoms with E-state index < -0.39 is 0 Å². The SMILES string of the molecule is O=C1C=CC[NH+]1[O-]. The summed E-state index contributed by atoms with van der Waals surface area (Å²) in [7, 11) is 0. The second kappa shape index (κ2) is 1.44. The lowest BCUT2D eigenvalue weighted by molar-refractivity contribution is -0.750. The number of hydrogen-bond donors (Lipinski definition) is 1. The summed E-state index contributed by atoms with van der Waals surface area (Å²) >= 11 is 0. The van der Waals surface area contributed by atoms with Gasteiger partial charge < -0.3 is 10.3 Å². The molecular weight excluding hydrogens is 94.0 g/mol. The number of carbonyl (C=O) groups excluding carboxylic acids is 1. The van der Waals surface area contributed by atoms with Gasteiger partial charge in [0.1, 0.15) is 6.54 Å². The van der Waals surface area contributed by atoms with Crippen molar-refractivity contribution in [3.8, 4) is 0 Å². The van der Waals surface area contributed by atoms with Crippen LogP contribution in [0.25, 0.3) is 0 Å². The number of carbonyl (C=O) groups is 1. The molecule has 1 unspecified atom stereocenters. The first-order valence-corrected chi connectivity index (χ1v) is 2.04. The molecule has 0 bridgehead atoms. The van der Waals surface area contributed by atoms with E-state index in [1.165, 1.54) is 6.08 Å². The van der Waals surface area contributed by atoms with Gasteiger partial charge in [0.2, 0.25) is 0 Å². The van der Waals surface area contributed by atoms with Gasteiger partial charge in [0.25, 0.3) is 0 Å². The topological polar surface area (TPSA) is 44.6 Å². The van der Waals surface area contributed by atoms with E-state index in [0.29, 0.717) is 6.54 Å². The van der Waals surface area contributed by atoms with Gasteiger partial charge in [-0.3, -0.25) is 0 Å². The third-order valence-corrected chi connectivity index (χ3v) is 0.847. The number of hydroxylamine groups is 2. The molecule has 0 aromatic heterocycles. The van der Waals surface area contributed by atoms with Crippen LogP contribution in [-0.2, 0) is 4.79 Å². The average molecular weight is 99.1 g/mol. The molecule has 1 N–H and O–H groups in total. The van der Waals surface area contributed by atoms with E-state index in [1.54, 1.807) is 6.08 Å².